The van der Waals surface area contributed by atoms with Gasteiger partial charge in [-0.2, -0.15) is 0 Å². The van der Waals surface area contributed by atoms with Crippen molar-refractivity contribution >= 4 is 28.2 Å². The summed E-state index contributed by atoms with van der Waals surface area (Å²) in [4.78, 5) is 27.6. The van der Waals surface area contributed by atoms with Crippen LogP contribution in [0.3, 0.4) is 0 Å². The molecular weight excluding hydrogens is 340 g/mol. The van der Waals surface area contributed by atoms with Crippen LogP contribution in [0.25, 0.3) is 0 Å². The second-order valence-electron chi connectivity index (χ2n) is 5.82. The predicted molar refractivity (Wildman–Crippen MR) is 96.9 cm³/mol. The van der Waals surface area contributed by atoms with Crippen molar-refractivity contribution in [3.63, 3.8) is 0 Å². The summed E-state index contributed by atoms with van der Waals surface area (Å²) in [5.74, 6) is -0.758. The third-order valence-corrected chi connectivity index (χ3v) is 5.49. The van der Waals surface area contributed by atoms with Crippen LogP contribution < -0.4 is 10.1 Å². The lowest BCUT2D eigenvalue weighted by atomic mass is 10.0. The van der Waals surface area contributed by atoms with Gasteiger partial charge in [-0.25, -0.2) is 4.79 Å². The van der Waals surface area contributed by atoms with Crippen LogP contribution in [0.2, 0.25) is 0 Å². The number of methoxy groups -OCH3 is 1. The molecule has 132 valence electrons. The predicted octanol–water partition coefficient (Wildman–Crippen LogP) is 3.09. The lowest BCUT2D eigenvalue weighted by molar-refractivity contribution is 0.0696. The number of carbonyl (C=O) groups excluding carboxylic acids is 1. The maximum Gasteiger partial charge on any atom is 0.339 e. The van der Waals surface area contributed by atoms with E-state index in [1.165, 1.54) is 18.4 Å². The molecule has 0 bridgehead atoms. The Labute approximate surface area is 150 Å². The molecule has 0 spiro atoms. The summed E-state index contributed by atoms with van der Waals surface area (Å²) in [5.41, 5.74) is 1.51. The highest BCUT2D eigenvalue weighted by Crippen LogP contribution is 2.37. The van der Waals surface area contributed by atoms with E-state index in [0.29, 0.717) is 22.7 Å². The van der Waals surface area contributed by atoms with Crippen molar-refractivity contribution in [2.75, 3.05) is 25.5 Å². The largest absolute Gasteiger partial charge is 0.497 e. The topological polar surface area (TPSA) is 78.9 Å². The van der Waals surface area contributed by atoms with Crippen molar-refractivity contribution in [1.82, 2.24) is 4.90 Å². The zero-order chi connectivity index (χ0) is 18.0. The molecular formula is C18H20N2O4S. The third-order valence-electron chi connectivity index (χ3n) is 4.36. The number of carbonyl (C=O) groups is 2. The van der Waals surface area contributed by atoms with E-state index in [1.54, 1.807) is 24.3 Å². The van der Waals surface area contributed by atoms with Crippen LogP contribution in [-0.4, -0.2) is 42.1 Å². The number of likely N-dealkylation sites (N-methyl/N-ethyl adjacent to an activating group) is 1. The first kappa shape index (κ1) is 17.4. The summed E-state index contributed by atoms with van der Waals surface area (Å²) >= 11 is 1.36. The zero-order valence-corrected chi connectivity index (χ0v) is 15.0. The molecule has 1 aliphatic heterocycles. The molecule has 1 amide bonds. The van der Waals surface area contributed by atoms with Crippen LogP contribution in [0, 0.1) is 0 Å². The van der Waals surface area contributed by atoms with Crippen molar-refractivity contribution in [2.24, 2.45) is 0 Å². The van der Waals surface area contributed by atoms with Crippen LogP contribution in [0.1, 0.15) is 38.1 Å². The van der Waals surface area contributed by atoms with Gasteiger partial charge in [-0.05, 0) is 36.7 Å². The second kappa shape index (κ2) is 7.25. The highest BCUT2D eigenvalue weighted by atomic mass is 32.1. The van der Waals surface area contributed by atoms with Gasteiger partial charge in [-0.1, -0.05) is 13.0 Å². The summed E-state index contributed by atoms with van der Waals surface area (Å²) in [6.45, 7) is 4.57. The summed E-state index contributed by atoms with van der Waals surface area (Å²) in [6, 6.07) is 6.78. The molecule has 3 rings (SSSR count). The molecule has 7 heteroatoms. The van der Waals surface area contributed by atoms with Gasteiger partial charge < -0.3 is 15.2 Å². The number of ether oxygens (including phenoxy) is 1. The second-order valence-corrected chi connectivity index (χ2v) is 6.92. The number of hydrogen-bond donors (Lipinski definition) is 2. The van der Waals surface area contributed by atoms with Gasteiger partial charge in [0.2, 0.25) is 0 Å². The summed E-state index contributed by atoms with van der Waals surface area (Å²) in [5, 5.41) is 12.8. The molecule has 1 aliphatic rings. The average Bonchev–Trinajstić information content (AvgIpc) is 2.98. The van der Waals surface area contributed by atoms with E-state index < -0.39 is 5.97 Å². The van der Waals surface area contributed by atoms with Gasteiger partial charge in [-0.3, -0.25) is 9.69 Å². The van der Waals surface area contributed by atoms with Crippen LogP contribution >= 0.6 is 11.3 Å². The first-order valence-electron chi connectivity index (χ1n) is 8.09. The SMILES string of the molecule is CCN1CCc2c(sc(NC(=O)c3cccc(OC)c3)c2C(=O)O)C1. The van der Waals surface area contributed by atoms with Crippen LogP contribution in [0.5, 0.6) is 5.75 Å². The maximum atomic E-state index is 12.5. The Morgan fingerprint density at radius 3 is 2.88 bits per heavy atom. The molecule has 0 saturated heterocycles. The van der Waals surface area contributed by atoms with Gasteiger partial charge >= 0.3 is 5.97 Å². The highest BCUT2D eigenvalue weighted by molar-refractivity contribution is 7.17. The van der Waals surface area contributed by atoms with Gasteiger partial charge in [0.1, 0.15) is 10.8 Å². The number of aromatic carboxylic acids is 1. The standard InChI is InChI=1S/C18H20N2O4S/c1-3-20-8-7-13-14(10-20)25-17(15(13)18(22)23)19-16(21)11-5-4-6-12(9-11)24-2/h4-6,9H,3,7-8,10H2,1-2H3,(H,19,21)(H,22,23). The van der Waals surface area contributed by atoms with E-state index in [9.17, 15) is 14.7 Å². The quantitative estimate of drug-likeness (QED) is 0.857. The molecule has 2 N–H and O–H groups in total. The molecule has 2 heterocycles. The Bertz CT molecular complexity index is 815. The Kier molecular flexibility index (Phi) is 5.06. The zero-order valence-electron chi connectivity index (χ0n) is 14.2. The maximum absolute atomic E-state index is 12.5. The number of nitrogens with zero attached hydrogens (tertiary/aromatic N) is 1. The number of fused-ring (bicyclic) bond motifs is 1. The molecule has 2 aromatic rings. The molecule has 0 unspecified atom stereocenters. The number of amides is 1. The Balaban J connectivity index is 1.90. The molecule has 0 fully saturated rings. The average molecular weight is 360 g/mol. The number of carboxylic acid groups (broad SMARTS) is 1. The Hall–Kier alpha value is -2.38. The van der Waals surface area contributed by atoms with E-state index >= 15 is 0 Å². The number of carboxylic acids is 1. The minimum atomic E-state index is -0.997. The minimum absolute atomic E-state index is 0.229. The van der Waals surface area contributed by atoms with E-state index in [-0.39, 0.29) is 11.5 Å². The van der Waals surface area contributed by atoms with Crippen molar-refractivity contribution in [1.29, 1.82) is 0 Å². The normalized spacial score (nSPS) is 14.0. The number of hydrogen-bond acceptors (Lipinski definition) is 5. The molecule has 25 heavy (non-hydrogen) atoms. The molecule has 0 saturated carbocycles. The highest BCUT2D eigenvalue weighted by Gasteiger charge is 2.28. The fourth-order valence-corrected chi connectivity index (χ4v) is 4.26. The first-order valence-corrected chi connectivity index (χ1v) is 8.90. The molecule has 0 radical (unpaired) electrons. The number of anilines is 1. The Morgan fingerprint density at radius 2 is 2.20 bits per heavy atom. The number of rotatable bonds is 5. The molecule has 0 atom stereocenters. The fraction of sp³-hybridized carbons (Fsp3) is 0.333. The summed E-state index contributed by atoms with van der Waals surface area (Å²) in [6.07, 6.45) is 0.691. The van der Waals surface area contributed by atoms with Gasteiger partial charge in [0.15, 0.2) is 0 Å². The van der Waals surface area contributed by atoms with E-state index in [0.717, 1.165) is 30.1 Å². The van der Waals surface area contributed by atoms with Crippen LogP contribution in [0.15, 0.2) is 24.3 Å². The molecule has 6 nitrogen and oxygen atoms in total. The van der Waals surface area contributed by atoms with Crippen molar-refractivity contribution in [2.45, 2.75) is 19.9 Å². The third kappa shape index (κ3) is 3.52. The number of thiophene rings is 1. The van der Waals surface area contributed by atoms with Gasteiger partial charge in [0, 0.05) is 23.5 Å². The van der Waals surface area contributed by atoms with Crippen molar-refractivity contribution in [3.8, 4) is 5.75 Å². The summed E-state index contributed by atoms with van der Waals surface area (Å²) < 4.78 is 5.13. The van der Waals surface area contributed by atoms with Gasteiger partial charge in [0.05, 0.1) is 12.7 Å². The Morgan fingerprint density at radius 1 is 1.40 bits per heavy atom. The molecule has 0 aliphatic carbocycles. The van der Waals surface area contributed by atoms with Crippen molar-refractivity contribution < 1.29 is 19.4 Å². The van der Waals surface area contributed by atoms with E-state index in [4.69, 9.17) is 4.74 Å². The first-order chi connectivity index (χ1) is 12.0. The van der Waals surface area contributed by atoms with E-state index in [1.807, 2.05) is 0 Å². The number of nitrogens with one attached hydrogen (secondary N) is 1. The van der Waals surface area contributed by atoms with E-state index in [2.05, 4.69) is 17.1 Å². The van der Waals surface area contributed by atoms with Gasteiger partial charge in [0.25, 0.3) is 5.91 Å². The summed E-state index contributed by atoms with van der Waals surface area (Å²) in [7, 11) is 1.53. The molecule has 1 aromatic carbocycles. The lowest BCUT2D eigenvalue weighted by Crippen LogP contribution is -2.29. The monoisotopic (exact) mass is 360 g/mol. The van der Waals surface area contributed by atoms with Crippen LogP contribution in [0.4, 0.5) is 5.00 Å². The minimum Gasteiger partial charge on any atom is -0.497 e. The smallest absolute Gasteiger partial charge is 0.339 e. The lowest BCUT2D eigenvalue weighted by Gasteiger charge is -2.25. The van der Waals surface area contributed by atoms with Crippen molar-refractivity contribution in [3.05, 3.63) is 45.8 Å². The molecule has 1 aromatic heterocycles. The van der Waals surface area contributed by atoms with Gasteiger partial charge in [-0.15, -0.1) is 11.3 Å². The number of benzene rings is 1. The van der Waals surface area contributed by atoms with Crippen LogP contribution in [-0.2, 0) is 13.0 Å². The fourth-order valence-electron chi connectivity index (χ4n) is 2.98.